The Morgan fingerprint density at radius 2 is 1.98 bits per heavy atom. The maximum absolute atomic E-state index is 13.7. The molecule has 0 radical (unpaired) electrons. The van der Waals surface area contributed by atoms with Crippen LogP contribution in [0.2, 0.25) is 0 Å². The van der Waals surface area contributed by atoms with Crippen molar-refractivity contribution >= 4 is 35.1 Å². The second kappa shape index (κ2) is 14.9. The summed E-state index contributed by atoms with van der Waals surface area (Å²) in [5.74, 6) is -0.381. The minimum absolute atomic E-state index is 0.00115. The number of ether oxygens (including phenoxy) is 1. The standard InChI is InChI=1S/C33H39FN6O3/c1-21-16-17-37-31-24(8-6-4-3-5-7-9-28(41)40-21)20-38-32(36)29(31)30(35)23-12-10-22(11-13-23)19-39-33(42)26-18-25(34)14-15-27(26)43-2/h6,8,10-15,18,20-21,35,37H,3-5,7,9,16-17,19H2,1-2H3,(H2,36,38)(H,39,42)(H,40,41)/b8-6+,35-30?/t21-/m1/s1. The Balaban J connectivity index is 1.52. The minimum Gasteiger partial charge on any atom is -0.496 e. The normalized spacial score (nSPS) is 16.8. The molecule has 1 aromatic heterocycles. The molecule has 4 rings (SSSR count). The number of halogens is 1. The Bertz CT molecular complexity index is 1490. The van der Waals surface area contributed by atoms with Crippen LogP contribution in [0, 0.1) is 11.2 Å². The van der Waals surface area contributed by atoms with Crippen molar-refractivity contribution in [2.24, 2.45) is 0 Å². The van der Waals surface area contributed by atoms with E-state index in [9.17, 15) is 14.0 Å². The molecule has 43 heavy (non-hydrogen) atoms. The number of hydrogen-bond acceptors (Lipinski definition) is 7. The molecule has 2 aromatic carbocycles. The van der Waals surface area contributed by atoms with Gasteiger partial charge < -0.3 is 26.4 Å². The van der Waals surface area contributed by atoms with Crippen LogP contribution < -0.4 is 26.4 Å². The van der Waals surface area contributed by atoms with Crippen molar-refractivity contribution in [3.63, 3.8) is 0 Å². The summed E-state index contributed by atoms with van der Waals surface area (Å²) in [7, 11) is 1.42. The molecule has 226 valence electrons. The highest BCUT2D eigenvalue weighted by Gasteiger charge is 2.19. The third kappa shape index (κ3) is 8.41. The van der Waals surface area contributed by atoms with Gasteiger partial charge in [-0.05, 0) is 56.4 Å². The molecule has 0 saturated heterocycles. The number of carbonyl (C=O) groups is 2. The Labute approximate surface area is 251 Å². The molecule has 0 spiro atoms. The van der Waals surface area contributed by atoms with Gasteiger partial charge in [0.15, 0.2) is 0 Å². The molecule has 10 heteroatoms. The van der Waals surface area contributed by atoms with Gasteiger partial charge in [-0.15, -0.1) is 0 Å². The van der Waals surface area contributed by atoms with E-state index in [-0.39, 0.29) is 41.3 Å². The van der Waals surface area contributed by atoms with Gasteiger partial charge in [-0.25, -0.2) is 9.37 Å². The number of nitrogen functional groups attached to an aromatic ring is 1. The van der Waals surface area contributed by atoms with Gasteiger partial charge in [0.2, 0.25) is 5.91 Å². The van der Waals surface area contributed by atoms with Crippen molar-refractivity contribution in [2.45, 2.75) is 58.0 Å². The highest BCUT2D eigenvalue weighted by Crippen LogP contribution is 2.29. The predicted octanol–water partition coefficient (Wildman–Crippen LogP) is 5.44. The number of pyridine rings is 1. The quantitative estimate of drug-likeness (QED) is 0.244. The first kappa shape index (κ1) is 31.2. The Morgan fingerprint density at radius 1 is 1.19 bits per heavy atom. The van der Waals surface area contributed by atoms with Gasteiger partial charge in [0.25, 0.3) is 5.91 Å². The first-order valence-electron chi connectivity index (χ1n) is 14.5. The van der Waals surface area contributed by atoms with Crippen LogP contribution in [0.5, 0.6) is 5.75 Å². The van der Waals surface area contributed by atoms with Crippen LogP contribution in [0.15, 0.2) is 54.7 Å². The highest BCUT2D eigenvalue weighted by atomic mass is 19.1. The van der Waals surface area contributed by atoms with Gasteiger partial charge in [0.1, 0.15) is 17.4 Å². The second-order valence-electron chi connectivity index (χ2n) is 10.6. The number of fused-ring (bicyclic) bond motifs is 1. The maximum Gasteiger partial charge on any atom is 0.255 e. The fourth-order valence-corrected chi connectivity index (χ4v) is 4.95. The van der Waals surface area contributed by atoms with Gasteiger partial charge >= 0.3 is 0 Å². The van der Waals surface area contributed by atoms with Crippen LogP contribution in [-0.4, -0.2) is 42.2 Å². The molecule has 0 aliphatic carbocycles. The number of nitrogens with two attached hydrogens (primary N) is 1. The number of allylic oxidation sites excluding steroid dienone is 1. The average molecular weight is 587 g/mol. The van der Waals surface area contributed by atoms with Crippen molar-refractivity contribution in [2.75, 3.05) is 24.7 Å². The number of rotatable bonds is 6. The van der Waals surface area contributed by atoms with E-state index in [0.717, 1.165) is 48.6 Å². The number of benzene rings is 2. The maximum atomic E-state index is 13.7. The molecule has 1 aliphatic heterocycles. The van der Waals surface area contributed by atoms with Gasteiger partial charge in [-0.3, -0.25) is 15.0 Å². The van der Waals surface area contributed by atoms with Crippen molar-refractivity contribution in [1.82, 2.24) is 15.6 Å². The largest absolute Gasteiger partial charge is 0.496 e. The van der Waals surface area contributed by atoms with Crippen molar-refractivity contribution in [3.8, 4) is 5.75 Å². The van der Waals surface area contributed by atoms with Crippen LogP contribution in [0.25, 0.3) is 6.08 Å². The summed E-state index contributed by atoms with van der Waals surface area (Å²) in [6.45, 7) is 2.76. The average Bonchev–Trinajstić information content (AvgIpc) is 3.00. The summed E-state index contributed by atoms with van der Waals surface area (Å²) >= 11 is 0. The summed E-state index contributed by atoms with van der Waals surface area (Å²) in [4.78, 5) is 29.3. The monoisotopic (exact) mass is 586 g/mol. The molecule has 1 atom stereocenters. The topological polar surface area (TPSA) is 142 Å². The van der Waals surface area contributed by atoms with E-state index in [1.165, 1.54) is 19.2 Å². The van der Waals surface area contributed by atoms with Crippen LogP contribution in [0.4, 0.5) is 15.9 Å². The first-order valence-corrected chi connectivity index (χ1v) is 14.5. The second-order valence-corrected chi connectivity index (χ2v) is 10.6. The highest BCUT2D eigenvalue weighted by molar-refractivity contribution is 6.17. The van der Waals surface area contributed by atoms with Crippen LogP contribution in [0.3, 0.4) is 0 Å². The zero-order valence-electron chi connectivity index (χ0n) is 24.6. The first-order chi connectivity index (χ1) is 20.8. The fraction of sp³-hybridized carbons (Fsp3) is 0.333. The van der Waals surface area contributed by atoms with Crippen LogP contribution in [-0.2, 0) is 11.3 Å². The van der Waals surface area contributed by atoms with E-state index in [4.69, 9.17) is 15.9 Å². The number of carbonyl (C=O) groups excluding carboxylic acids is 2. The van der Waals surface area contributed by atoms with Crippen LogP contribution in [0.1, 0.15) is 78.1 Å². The van der Waals surface area contributed by atoms with E-state index in [2.05, 4.69) is 27.0 Å². The Hall–Kier alpha value is -4.73. The van der Waals surface area contributed by atoms with Crippen molar-refractivity contribution in [3.05, 3.63) is 88.4 Å². The summed E-state index contributed by atoms with van der Waals surface area (Å²) in [6, 6.07) is 11.0. The SMILES string of the molecule is COc1ccc(F)cc1C(=O)NCc1ccc(C(=N)c2c(N)ncc3c2NCC[C@@H](C)NC(=O)CCCCC/C=C/3)cc1. The van der Waals surface area contributed by atoms with E-state index >= 15 is 0 Å². The number of anilines is 2. The lowest BCUT2D eigenvalue weighted by molar-refractivity contribution is -0.121. The third-order valence-electron chi connectivity index (χ3n) is 7.35. The molecular weight excluding hydrogens is 547 g/mol. The van der Waals surface area contributed by atoms with E-state index < -0.39 is 11.7 Å². The molecule has 0 unspecified atom stereocenters. The smallest absolute Gasteiger partial charge is 0.255 e. The predicted molar refractivity (Wildman–Crippen MR) is 168 cm³/mol. The van der Waals surface area contributed by atoms with Gasteiger partial charge in [0.05, 0.1) is 29.6 Å². The van der Waals surface area contributed by atoms with Crippen LogP contribution >= 0.6 is 0 Å². The molecular formula is C33H39FN6O3. The molecule has 9 nitrogen and oxygen atoms in total. The number of methoxy groups -OCH3 is 1. The van der Waals surface area contributed by atoms with Crippen molar-refractivity contribution in [1.29, 1.82) is 5.41 Å². The zero-order valence-corrected chi connectivity index (χ0v) is 24.6. The third-order valence-corrected chi connectivity index (χ3v) is 7.35. The van der Waals surface area contributed by atoms with E-state index in [1.54, 1.807) is 18.3 Å². The molecule has 0 bridgehead atoms. The molecule has 3 aromatic rings. The molecule has 1 aliphatic rings. The number of aromatic nitrogens is 1. The number of nitrogens with zero attached hydrogens (tertiary/aromatic N) is 1. The van der Waals surface area contributed by atoms with E-state index in [0.29, 0.717) is 30.5 Å². The number of amides is 2. The van der Waals surface area contributed by atoms with Gasteiger partial charge in [0, 0.05) is 42.9 Å². The summed E-state index contributed by atoms with van der Waals surface area (Å²) in [5.41, 5.74) is 10.2. The lowest BCUT2D eigenvalue weighted by Gasteiger charge is -2.19. The summed E-state index contributed by atoms with van der Waals surface area (Å²) in [5, 5.41) is 18.4. The lowest BCUT2D eigenvalue weighted by atomic mass is 9.97. The Kier molecular flexibility index (Phi) is 10.9. The zero-order chi connectivity index (χ0) is 30.8. The molecule has 2 amide bonds. The molecule has 2 heterocycles. The number of nitrogens with one attached hydrogen (secondary N) is 4. The molecule has 0 fully saturated rings. The molecule has 0 saturated carbocycles. The summed E-state index contributed by atoms with van der Waals surface area (Å²) < 4.78 is 18.9. The lowest BCUT2D eigenvalue weighted by Crippen LogP contribution is -2.33. The molecule has 6 N–H and O–H groups in total. The van der Waals surface area contributed by atoms with E-state index in [1.807, 2.05) is 25.1 Å². The Morgan fingerprint density at radius 3 is 2.74 bits per heavy atom. The summed E-state index contributed by atoms with van der Waals surface area (Å²) in [6.07, 6.45) is 10.8. The van der Waals surface area contributed by atoms with Crippen molar-refractivity contribution < 1.29 is 18.7 Å². The van der Waals surface area contributed by atoms with Gasteiger partial charge in [-0.2, -0.15) is 0 Å². The minimum atomic E-state index is -0.526. The number of hydrogen-bond donors (Lipinski definition) is 5. The van der Waals surface area contributed by atoms with Gasteiger partial charge in [-0.1, -0.05) is 42.8 Å². The fourth-order valence-electron chi connectivity index (χ4n) is 4.95.